The molecule has 0 saturated carbocycles. The minimum Gasteiger partial charge on any atom is -0.497 e. The number of carbonyl (C=O) groups is 1. The van der Waals surface area contributed by atoms with Crippen LogP contribution in [0.4, 0.5) is 5.69 Å². The normalized spacial score (nSPS) is 15.4. The van der Waals surface area contributed by atoms with Gasteiger partial charge < -0.3 is 14.8 Å². The average Bonchev–Trinajstić information content (AvgIpc) is 2.94. The fourth-order valence-corrected chi connectivity index (χ4v) is 6.17. The van der Waals surface area contributed by atoms with Crippen LogP contribution in [0.15, 0.2) is 89.8 Å². The molecule has 1 unspecified atom stereocenters. The van der Waals surface area contributed by atoms with Crippen LogP contribution in [0.25, 0.3) is 10.8 Å². The predicted molar refractivity (Wildman–Crippen MR) is 153 cm³/mol. The molecule has 1 aliphatic heterocycles. The first-order valence-corrected chi connectivity index (χ1v) is 14.2. The molecule has 4 aromatic rings. The van der Waals surface area contributed by atoms with Crippen molar-refractivity contribution in [2.45, 2.75) is 43.7 Å². The molecule has 202 valence electrons. The third-order valence-electron chi connectivity index (χ3n) is 6.97. The first-order chi connectivity index (χ1) is 18.6. The van der Waals surface area contributed by atoms with Crippen molar-refractivity contribution in [3.05, 3.63) is 96.1 Å². The Bertz CT molecular complexity index is 1620. The van der Waals surface area contributed by atoms with Crippen LogP contribution in [0.5, 0.6) is 11.5 Å². The quantitative estimate of drug-likeness (QED) is 0.351. The summed E-state index contributed by atoms with van der Waals surface area (Å²) in [7, 11) is -2.48. The Kier molecular flexibility index (Phi) is 6.99. The molecule has 5 rings (SSSR count). The predicted octanol–water partition coefficient (Wildman–Crippen LogP) is 5.42. The molecule has 0 aliphatic carbocycles. The van der Waals surface area contributed by atoms with Gasteiger partial charge in [-0.25, -0.2) is 8.42 Å². The molecule has 0 aromatic heterocycles. The maximum atomic E-state index is 13.9. The van der Waals surface area contributed by atoms with E-state index in [1.807, 2.05) is 54.6 Å². The van der Waals surface area contributed by atoms with Crippen LogP contribution >= 0.6 is 0 Å². The summed E-state index contributed by atoms with van der Waals surface area (Å²) in [5.74, 6) is 0.511. The second-order valence-corrected chi connectivity index (χ2v) is 12.5. The summed E-state index contributed by atoms with van der Waals surface area (Å²) in [6, 6.07) is 25.6. The monoisotopic (exact) mass is 544 g/mol. The number of ether oxygens (including phenoxy) is 2. The van der Waals surface area contributed by atoms with Crippen molar-refractivity contribution >= 4 is 32.4 Å². The van der Waals surface area contributed by atoms with Crippen LogP contribution < -0.4 is 19.1 Å². The molecule has 0 bridgehead atoms. The highest BCUT2D eigenvalue weighted by atomic mass is 32.2. The lowest BCUT2D eigenvalue weighted by Crippen LogP contribution is -2.50. The zero-order valence-corrected chi connectivity index (χ0v) is 23.3. The highest BCUT2D eigenvalue weighted by Gasteiger charge is 2.38. The number of methoxy groups -OCH3 is 1. The molecule has 8 heteroatoms. The smallest absolute Gasteiger partial charge is 0.264 e. The van der Waals surface area contributed by atoms with Gasteiger partial charge in [0.15, 0.2) is 6.10 Å². The van der Waals surface area contributed by atoms with Crippen molar-refractivity contribution in [1.29, 1.82) is 0 Å². The van der Waals surface area contributed by atoms with Gasteiger partial charge in [0.05, 0.1) is 24.2 Å². The third kappa shape index (κ3) is 5.29. The van der Waals surface area contributed by atoms with Gasteiger partial charge in [0, 0.05) is 6.54 Å². The summed E-state index contributed by atoms with van der Waals surface area (Å²) >= 11 is 0. The molecule has 1 amide bonds. The van der Waals surface area contributed by atoms with E-state index in [1.54, 1.807) is 18.2 Å². The molecular formula is C31H32N2O5S. The first kappa shape index (κ1) is 26.6. The SMILES string of the molecule is COc1ccc(S(=O)(=O)N2CC(C(=O)NCc3cccc4ccccc34)Oc3ccc(C(C)(C)C)cc32)cc1. The number of sulfonamides is 1. The van der Waals surface area contributed by atoms with E-state index in [4.69, 9.17) is 9.47 Å². The van der Waals surface area contributed by atoms with Crippen LogP contribution in [0, 0.1) is 0 Å². The van der Waals surface area contributed by atoms with Gasteiger partial charge in [0.2, 0.25) is 0 Å². The Morgan fingerprint density at radius 1 is 1.00 bits per heavy atom. The first-order valence-electron chi connectivity index (χ1n) is 12.8. The highest BCUT2D eigenvalue weighted by Crippen LogP contribution is 2.40. The summed E-state index contributed by atoms with van der Waals surface area (Å²) in [6.07, 6.45) is -1.03. The van der Waals surface area contributed by atoms with Gasteiger partial charge in [-0.05, 0) is 63.7 Å². The molecule has 0 radical (unpaired) electrons. The number of nitrogens with zero attached hydrogens (tertiary/aromatic N) is 1. The Labute approximate surface area is 229 Å². The van der Waals surface area contributed by atoms with Gasteiger partial charge in [-0.3, -0.25) is 9.10 Å². The average molecular weight is 545 g/mol. The number of carbonyl (C=O) groups excluding carboxylic acids is 1. The number of fused-ring (bicyclic) bond motifs is 2. The van der Waals surface area contributed by atoms with Crippen molar-refractivity contribution in [1.82, 2.24) is 5.32 Å². The van der Waals surface area contributed by atoms with E-state index in [9.17, 15) is 13.2 Å². The molecule has 0 fully saturated rings. The van der Waals surface area contributed by atoms with E-state index in [-0.39, 0.29) is 22.8 Å². The van der Waals surface area contributed by atoms with Crippen LogP contribution in [-0.4, -0.2) is 34.1 Å². The second kappa shape index (κ2) is 10.3. The molecule has 4 aromatic carbocycles. The largest absolute Gasteiger partial charge is 0.497 e. The van der Waals surface area contributed by atoms with Crippen molar-refractivity contribution in [2.75, 3.05) is 18.0 Å². The summed E-state index contributed by atoms with van der Waals surface area (Å²) in [6.45, 7) is 6.32. The van der Waals surface area contributed by atoms with Gasteiger partial charge in [-0.2, -0.15) is 0 Å². The number of nitrogens with one attached hydrogen (secondary N) is 1. The Morgan fingerprint density at radius 2 is 1.72 bits per heavy atom. The van der Waals surface area contributed by atoms with E-state index < -0.39 is 16.1 Å². The number of hydrogen-bond donors (Lipinski definition) is 1. The topological polar surface area (TPSA) is 84.9 Å². The molecule has 1 aliphatic rings. The molecule has 1 heterocycles. The lowest BCUT2D eigenvalue weighted by Gasteiger charge is -2.36. The number of anilines is 1. The highest BCUT2D eigenvalue weighted by molar-refractivity contribution is 7.92. The maximum absolute atomic E-state index is 13.9. The summed E-state index contributed by atoms with van der Waals surface area (Å²) in [4.78, 5) is 13.5. The zero-order chi connectivity index (χ0) is 27.8. The van der Waals surface area contributed by atoms with Crippen LogP contribution in [0.2, 0.25) is 0 Å². The van der Waals surface area contributed by atoms with Crippen molar-refractivity contribution < 1.29 is 22.7 Å². The lowest BCUT2D eigenvalue weighted by atomic mass is 9.86. The number of rotatable bonds is 6. The minimum atomic E-state index is -4.01. The van der Waals surface area contributed by atoms with Gasteiger partial charge in [-0.1, -0.05) is 69.3 Å². The third-order valence-corrected chi connectivity index (χ3v) is 8.76. The van der Waals surface area contributed by atoms with Crippen molar-refractivity contribution in [3.8, 4) is 11.5 Å². The molecule has 39 heavy (non-hydrogen) atoms. The second-order valence-electron chi connectivity index (χ2n) is 10.6. The van der Waals surface area contributed by atoms with E-state index in [2.05, 4.69) is 26.1 Å². The standard InChI is InChI=1S/C31H32N2O5S/c1-31(2,3)23-12-17-28-27(18-23)33(39(35,36)25-15-13-24(37-4)14-16-25)20-29(38-28)30(34)32-19-22-10-7-9-21-8-5-6-11-26(21)22/h5-18,29H,19-20H2,1-4H3,(H,32,34). The summed E-state index contributed by atoms with van der Waals surface area (Å²) < 4.78 is 40.4. The van der Waals surface area contributed by atoms with E-state index in [0.717, 1.165) is 21.9 Å². The van der Waals surface area contributed by atoms with Gasteiger partial charge in [0.1, 0.15) is 11.5 Å². The number of benzene rings is 4. The molecule has 0 saturated heterocycles. The van der Waals surface area contributed by atoms with E-state index >= 15 is 0 Å². The fraction of sp³-hybridized carbons (Fsp3) is 0.258. The number of amides is 1. The molecule has 0 spiro atoms. The number of hydrogen-bond acceptors (Lipinski definition) is 5. The van der Waals surface area contributed by atoms with Crippen LogP contribution in [0.1, 0.15) is 31.9 Å². The Hall–Kier alpha value is -4.04. The molecule has 7 nitrogen and oxygen atoms in total. The van der Waals surface area contributed by atoms with Gasteiger partial charge >= 0.3 is 0 Å². The zero-order valence-electron chi connectivity index (χ0n) is 22.5. The molecule has 1 N–H and O–H groups in total. The minimum absolute atomic E-state index is 0.104. The Morgan fingerprint density at radius 3 is 2.44 bits per heavy atom. The summed E-state index contributed by atoms with van der Waals surface area (Å²) in [5, 5.41) is 5.08. The van der Waals surface area contributed by atoms with E-state index in [1.165, 1.54) is 23.5 Å². The van der Waals surface area contributed by atoms with Crippen LogP contribution in [-0.2, 0) is 26.8 Å². The fourth-order valence-electron chi connectivity index (χ4n) is 4.70. The Balaban J connectivity index is 1.47. The van der Waals surface area contributed by atoms with Gasteiger partial charge in [-0.15, -0.1) is 0 Å². The van der Waals surface area contributed by atoms with Gasteiger partial charge in [0.25, 0.3) is 15.9 Å². The summed E-state index contributed by atoms with van der Waals surface area (Å²) in [5.41, 5.74) is 2.13. The van der Waals surface area contributed by atoms with Crippen molar-refractivity contribution in [2.24, 2.45) is 0 Å². The lowest BCUT2D eigenvalue weighted by molar-refractivity contribution is -0.127. The van der Waals surface area contributed by atoms with Crippen molar-refractivity contribution in [3.63, 3.8) is 0 Å². The molecular weight excluding hydrogens is 512 g/mol. The molecule has 1 atom stereocenters. The van der Waals surface area contributed by atoms with E-state index in [0.29, 0.717) is 23.7 Å². The maximum Gasteiger partial charge on any atom is 0.264 e. The van der Waals surface area contributed by atoms with Crippen LogP contribution in [0.3, 0.4) is 0 Å².